The van der Waals surface area contributed by atoms with E-state index in [9.17, 15) is 4.79 Å². The second-order valence-corrected chi connectivity index (χ2v) is 4.43. The lowest BCUT2D eigenvalue weighted by molar-refractivity contribution is -0.205. The van der Waals surface area contributed by atoms with Gasteiger partial charge in [0.15, 0.2) is 6.10 Å². The van der Waals surface area contributed by atoms with E-state index in [1.165, 1.54) is 5.17 Å². The molecule has 0 aromatic heterocycles. The Balaban J connectivity index is 1.90. The minimum atomic E-state index is -0.676. The number of nitrogens with one attached hydrogen (secondary N) is 1. The summed E-state index contributed by atoms with van der Waals surface area (Å²) in [6.45, 7) is 5.77. The zero-order valence-electron chi connectivity index (χ0n) is 11.9. The number of ether oxygens (including phenoxy) is 1. The van der Waals surface area contributed by atoms with E-state index in [-0.39, 0.29) is 0 Å². The van der Waals surface area contributed by atoms with E-state index in [4.69, 9.17) is 9.57 Å². The van der Waals surface area contributed by atoms with Crippen LogP contribution in [0.15, 0.2) is 36.7 Å². The van der Waals surface area contributed by atoms with Crippen molar-refractivity contribution >= 4 is 11.7 Å². The van der Waals surface area contributed by atoms with Gasteiger partial charge >= 0.3 is 5.97 Å². The Morgan fingerprint density at radius 1 is 1.40 bits per heavy atom. The third kappa shape index (κ3) is 3.49. The summed E-state index contributed by atoms with van der Waals surface area (Å²) in [5, 5.41) is 3.18. The molecule has 0 saturated heterocycles. The van der Waals surface area contributed by atoms with Crippen molar-refractivity contribution in [1.29, 1.82) is 0 Å². The summed E-state index contributed by atoms with van der Waals surface area (Å²) in [7, 11) is 0. The predicted molar refractivity (Wildman–Crippen MR) is 75.0 cm³/mol. The van der Waals surface area contributed by atoms with Crippen molar-refractivity contribution in [3.8, 4) is 0 Å². The smallest absolute Gasteiger partial charge is 0.337 e. The Morgan fingerprint density at radius 3 is 2.90 bits per heavy atom. The van der Waals surface area contributed by atoms with E-state index in [2.05, 4.69) is 5.53 Å². The molecule has 2 rings (SSSR count). The molecule has 1 aromatic carbocycles. The van der Waals surface area contributed by atoms with E-state index in [0.717, 1.165) is 11.3 Å². The second kappa shape index (κ2) is 6.40. The highest BCUT2D eigenvalue weighted by molar-refractivity contribution is 5.74. The van der Waals surface area contributed by atoms with Crippen LogP contribution in [0.5, 0.6) is 0 Å². The number of carbonyl (C=O) groups is 1. The van der Waals surface area contributed by atoms with Crippen molar-refractivity contribution in [3.05, 3.63) is 42.2 Å². The lowest BCUT2D eigenvalue weighted by Crippen LogP contribution is -2.42. The minimum absolute atomic E-state index is 0.339. The maximum Gasteiger partial charge on any atom is 0.337 e. The number of hydrazine groups is 2. The van der Waals surface area contributed by atoms with Gasteiger partial charge in [0, 0.05) is 6.20 Å². The number of benzene rings is 1. The van der Waals surface area contributed by atoms with E-state index in [1.54, 1.807) is 25.1 Å². The zero-order chi connectivity index (χ0) is 14.5. The van der Waals surface area contributed by atoms with Crippen molar-refractivity contribution < 1.29 is 14.4 Å². The number of rotatable bonds is 5. The number of anilines is 1. The molecule has 6 heteroatoms. The fourth-order valence-electron chi connectivity index (χ4n) is 1.75. The highest BCUT2D eigenvalue weighted by Gasteiger charge is 2.21. The summed E-state index contributed by atoms with van der Waals surface area (Å²) in [5.41, 5.74) is 5.13. The third-order valence-electron chi connectivity index (χ3n) is 2.73. The van der Waals surface area contributed by atoms with Gasteiger partial charge in [0.2, 0.25) is 0 Å². The molecule has 0 spiro atoms. The number of hydrogen-bond acceptors (Lipinski definition) is 6. The fraction of sp³-hybridized carbons (Fsp3) is 0.357. The van der Waals surface area contributed by atoms with Gasteiger partial charge in [-0.1, -0.05) is 12.1 Å². The Kier molecular flexibility index (Phi) is 4.60. The lowest BCUT2D eigenvalue weighted by atomic mass is 10.2. The second-order valence-electron chi connectivity index (χ2n) is 4.43. The van der Waals surface area contributed by atoms with Gasteiger partial charge in [-0.25, -0.2) is 9.63 Å². The van der Waals surface area contributed by atoms with Crippen molar-refractivity contribution in [1.82, 2.24) is 10.7 Å². The average molecular weight is 277 g/mol. The molecule has 0 amide bonds. The highest BCUT2D eigenvalue weighted by Crippen LogP contribution is 2.17. The average Bonchev–Trinajstić information content (AvgIpc) is 2.87. The quantitative estimate of drug-likeness (QED) is 0.830. The van der Waals surface area contributed by atoms with E-state index in [0.29, 0.717) is 6.61 Å². The number of nitrogens with zero attached hydrogens (tertiary/aromatic N) is 2. The molecule has 1 aromatic rings. The monoisotopic (exact) mass is 277 g/mol. The number of hydrogen-bond donors (Lipinski definition) is 1. The molecule has 0 aliphatic carbocycles. The molecule has 6 nitrogen and oxygen atoms in total. The largest absolute Gasteiger partial charge is 0.464 e. The summed E-state index contributed by atoms with van der Waals surface area (Å²) >= 11 is 0. The molecule has 1 atom stereocenters. The van der Waals surface area contributed by atoms with Crippen LogP contribution < -0.4 is 10.5 Å². The molecule has 0 bridgehead atoms. The molecule has 0 radical (unpaired) electrons. The van der Waals surface area contributed by atoms with Crippen LogP contribution in [-0.2, 0) is 14.4 Å². The highest BCUT2D eigenvalue weighted by atomic mass is 16.7. The van der Waals surface area contributed by atoms with Gasteiger partial charge < -0.3 is 4.74 Å². The van der Waals surface area contributed by atoms with Gasteiger partial charge in [0.1, 0.15) is 0 Å². The molecule has 1 N–H and O–H groups in total. The SMILES string of the molecule is CCOC(=O)C(C)ON1C=CN(c2cccc(C)c2)N1. The third-order valence-corrected chi connectivity index (χ3v) is 2.73. The lowest BCUT2D eigenvalue weighted by Gasteiger charge is -2.23. The maximum atomic E-state index is 11.5. The molecular formula is C14H19N3O3. The topological polar surface area (TPSA) is 54.0 Å². The fourth-order valence-corrected chi connectivity index (χ4v) is 1.75. The van der Waals surface area contributed by atoms with Gasteiger partial charge in [-0.3, -0.25) is 5.01 Å². The number of esters is 1. The molecule has 20 heavy (non-hydrogen) atoms. The molecular weight excluding hydrogens is 258 g/mol. The normalized spacial score (nSPS) is 15.6. The number of hydroxylamine groups is 1. The zero-order valence-corrected chi connectivity index (χ0v) is 11.9. The van der Waals surface area contributed by atoms with Crippen LogP contribution in [0.1, 0.15) is 19.4 Å². The van der Waals surface area contributed by atoms with Crippen LogP contribution in [0, 0.1) is 6.92 Å². The van der Waals surface area contributed by atoms with Gasteiger partial charge in [0.05, 0.1) is 18.5 Å². The number of carbonyl (C=O) groups excluding carboxylic acids is 1. The molecule has 1 unspecified atom stereocenters. The summed E-state index contributed by atoms with van der Waals surface area (Å²) in [4.78, 5) is 16.9. The van der Waals surface area contributed by atoms with E-state index >= 15 is 0 Å². The van der Waals surface area contributed by atoms with Crippen molar-refractivity contribution in [2.24, 2.45) is 0 Å². The molecule has 0 saturated carbocycles. The molecule has 1 heterocycles. The van der Waals surface area contributed by atoms with Crippen LogP contribution in [0.2, 0.25) is 0 Å². The summed E-state index contributed by atoms with van der Waals surface area (Å²) in [6.07, 6.45) is 2.83. The van der Waals surface area contributed by atoms with Crippen molar-refractivity contribution in [2.75, 3.05) is 11.6 Å². The summed E-state index contributed by atoms with van der Waals surface area (Å²) in [6, 6.07) is 8.02. The standard InChI is InChI=1S/C14H19N3O3/c1-4-19-14(18)12(3)20-17-9-8-16(15-17)13-7-5-6-11(2)10-13/h5-10,12,15H,4H2,1-3H3. The first kappa shape index (κ1) is 14.4. The molecule has 1 aliphatic rings. The van der Waals surface area contributed by atoms with E-state index < -0.39 is 12.1 Å². The Bertz CT molecular complexity index is 504. The molecule has 108 valence electrons. The maximum absolute atomic E-state index is 11.5. The Labute approximate surface area is 118 Å². The Hall–Kier alpha value is -2.05. The van der Waals surface area contributed by atoms with Gasteiger partial charge in [-0.2, -0.15) is 5.17 Å². The predicted octanol–water partition coefficient (Wildman–Crippen LogP) is 1.89. The van der Waals surface area contributed by atoms with Crippen LogP contribution in [0.25, 0.3) is 0 Å². The van der Waals surface area contributed by atoms with Crippen molar-refractivity contribution in [3.63, 3.8) is 0 Å². The number of aryl methyl sites for hydroxylation is 1. The van der Waals surface area contributed by atoms with Crippen molar-refractivity contribution in [2.45, 2.75) is 26.9 Å². The van der Waals surface area contributed by atoms with Gasteiger partial charge in [-0.05, 0) is 38.5 Å². The molecule has 1 aliphatic heterocycles. The first-order valence-corrected chi connectivity index (χ1v) is 6.53. The first-order chi connectivity index (χ1) is 9.60. The van der Waals surface area contributed by atoms with Crippen LogP contribution in [0.3, 0.4) is 0 Å². The molecule has 0 fully saturated rings. The minimum Gasteiger partial charge on any atom is -0.464 e. The van der Waals surface area contributed by atoms with Crippen LogP contribution >= 0.6 is 0 Å². The van der Waals surface area contributed by atoms with Crippen LogP contribution in [-0.4, -0.2) is 23.9 Å². The van der Waals surface area contributed by atoms with Gasteiger partial charge in [-0.15, -0.1) is 5.53 Å². The summed E-state index contributed by atoms with van der Waals surface area (Å²) in [5.74, 6) is -0.392. The van der Waals surface area contributed by atoms with Gasteiger partial charge in [0.25, 0.3) is 0 Å². The first-order valence-electron chi connectivity index (χ1n) is 6.53. The van der Waals surface area contributed by atoms with E-state index in [1.807, 2.05) is 37.4 Å². The Morgan fingerprint density at radius 2 is 2.20 bits per heavy atom. The summed E-state index contributed by atoms with van der Waals surface area (Å²) < 4.78 is 4.89. The van der Waals surface area contributed by atoms with Crippen LogP contribution in [0.4, 0.5) is 5.69 Å².